The lowest BCUT2D eigenvalue weighted by Crippen LogP contribution is -2.22. The van der Waals surface area contributed by atoms with Gasteiger partial charge in [0.1, 0.15) is 18.1 Å². The predicted octanol–water partition coefficient (Wildman–Crippen LogP) is 3.40. The first-order valence-corrected chi connectivity index (χ1v) is 8.10. The van der Waals surface area contributed by atoms with Gasteiger partial charge in [0.05, 0.1) is 5.75 Å². The van der Waals surface area contributed by atoms with E-state index in [0.29, 0.717) is 23.3 Å². The monoisotopic (exact) mass is 319 g/mol. The first-order valence-electron chi connectivity index (χ1n) is 7.11. The van der Waals surface area contributed by atoms with E-state index in [-0.39, 0.29) is 11.2 Å². The molecule has 6 heteroatoms. The summed E-state index contributed by atoms with van der Waals surface area (Å²) < 4.78 is 5.63. The number of aromatic nitrogens is 3. The van der Waals surface area contributed by atoms with Crippen molar-refractivity contribution in [3.63, 3.8) is 0 Å². The number of hydrogen-bond acceptors (Lipinski definition) is 5. The zero-order valence-electron chi connectivity index (χ0n) is 13.3. The summed E-state index contributed by atoms with van der Waals surface area (Å²) >= 11 is 1.34. The molecule has 0 spiro atoms. The van der Waals surface area contributed by atoms with Gasteiger partial charge in [0.15, 0.2) is 5.82 Å². The lowest BCUT2D eigenvalue weighted by Gasteiger charge is -2.15. The molecule has 0 saturated heterocycles. The number of rotatable bonds is 6. The fourth-order valence-corrected chi connectivity index (χ4v) is 2.52. The molecule has 1 heterocycles. The maximum absolute atomic E-state index is 11.9. The van der Waals surface area contributed by atoms with Crippen LogP contribution in [0.3, 0.4) is 0 Å². The first kappa shape index (κ1) is 16.5. The van der Waals surface area contributed by atoms with Crippen LogP contribution in [0.5, 0.6) is 5.75 Å². The highest BCUT2D eigenvalue weighted by molar-refractivity contribution is 7.99. The van der Waals surface area contributed by atoms with Crippen LogP contribution in [0.1, 0.15) is 32.2 Å². The summed E-state index contributed by atoms with van der Waals surface area (Å²) in [5, 5.41) is 7.49. The number of Topliss-reactive ketones (excluding diaryl/α,β-unsaturated/α-hetero) is 1. The smallest absolute Gasteiger partial charge is 0.208 e. The number of nitrogens with zero attached hydrogens (tertiary/aromatic N) is 2. The van der Waals surface area contributed by atoms with E-state index in [4.69, 9.17) is 4.74 Å². The van der Waals surface area contributed by atoms with Crippen molar-refractivity contribution < 1.29 is 9.53 Å². The van der Waals surface area contributed by atoms with Gasteiger partial charge in [0.2, 0.25) is 5.16 Å². The van der Waals surface area contributed by atoms with Crippen LogP contribution >= 0.6 is 11.8 Å². The quantitative estimate of drug-likeness (QED) is 0.827. The van der Waals surface area contributed by atoms with E-state index >= 15 is 0 Å². The van der Waals surface area contributed by atoms with Crippen LogP contribution < -0.4 is 4.74 Å². The molecule has 0 radical (unpaired) electrons. The number of H-pyrrole nitrogens is 1. The molecule has 0 atom stereocenters. The zero-order chi connectivity index (χ0) is 16.2. The summed E-state index contributed by atoms with van der Waals surface area (Å²) in [6, 6.07) is 7.83. The van der Waals surface area contributed by atoms with Crippen molar-refractivity contribution in [2.75, 3.05) is 5.75 Å². The number of hydrogen-bond donors (Lipinski definition) is 1. The van der Waals surface area contributed by atoms with Gasteiger partial charge in [-0.05, 0) is 19.1 Å². The molecular formula is C16H21N3O2S. The number of aromatic amines is 1. The Morgan fingerprint density at radius 2 is 1.95 bits per heavy atom. The molecule has 0 saturated carbocycles. The Kier molecular flexibility index (Phi) is 5.24. The maximum atomic E-state index is 11.9. The number of aryl methyl sites for hydroxylation is 1. The number of thioether (sulfide) groups is 1. The minimum atomic E-state index is -0.333. The highest BCUT2D eigenvalue weighted by atomic mass is 32.2. The molecule has 118 valence electrons. The number of ether oxygens (including phenoxy) is 1. The standard InChI is InChI=1S/C16H21N3O2S/c1-11-5-7-12(8-6-11)21-9-14-17-15(19-18-14)22-10-13(20)16(2,3)4/h5-8H,9-10H2,1-4H3,(H,17,18,19). The van der Waals surface area contributed by atoms with Gasteiger partial charge in [-0.3, -0.25) is 9.89 Å². The van der Waals surface area contributed by atoms with Crippen molar-refractivity contribution in [3.05, 3.63) is 35.7 Å². The second-order valence-corrected chi connectivity index (χ2v) is 7.07. The summed E-state index contributed by atoms with van der Waals surface area (Å²) in [7, 11) is 0. The van der Waals surface area contributed by atoms with Crippen LogP contribution in [-0.2, 0) is 11.4 Å². The van der Waals surface area contributed by atoms with E-state index in [2.05, 4.69) is 15.2 Å². The molecule has 2 aromatic rings. The molecule has 22 heavy (non-hydrogen) atoms. The Morgan fingerprint density at radius 1 is 1.27 bits per heavy atom. The van der Waals surface area contributed by atoms with E-state index in [1.54, 1.807) is 0 Å². The van der Waals surface area contributed by atoms with Gasteiger partial charge in [0, 0.05) is 5.41 Å². The Hall–Kier alpha value is -1.82. The maximum Gasteiger partial charge on any atom is 0.208 e. The second-order valence-electron chi connectivity index (χ2n) is 6.13. The van der Waals surface area contributed by atoms with Crippen LogP contribution in [0.2, 0.25) is 0 Å². The fourth-order valence-electron chi connectivity index (χ4n) is 1.54. The van der Waals surface area contributed by atoms with Gasteiger partial charge < -0.3 is 4.74 Å². The number of ketones is 1. The average molecular weight is 319 g/mol. The highest BCUT2D eigenvalue weighted by Crippen LogP contribution is 2.21. The molecule has 1 N–H and O–H groups in total. The van der Waals surface area contributed by atoms with Crippen molar-refractivity contribution in [1.29, 1.82) is 0 Å². The fraction of sp³-hybridized carbons (Fsp3) is 0.438. The minimum absolute atomic E-state index is 0.180. The minimum Gasteiger partial charge on any atom is -0.486 e. The van der Waals surface area contributed by atoms with Gasteiger partial charge in [-0.1, -0.05) is 50.2 Å². The SMILES string of the molecule is Cc1ccc(OCc2nc(SCC(=O)C(C)(C)C)n[nH]2)cc1. The third-order valence-corrected chi connectivity index (χ3v) is 3.92. The molecule has 5 nitrogen and oxygen atoms in total. The van der Waals surface area contributed by atoms with Crippen molar-refractivity contribution in [3.8, 4) is 5.75 Å². The summed E-state index contributed by atoms with van der Waals surface area (Å²) in [6.45, 7) is 8.09. The molecule has 0 aliphatic heterocycles. The van der Waals surface area contributed by atoms with Gasteiger partial charge in [-0.15, -0.1) is 5.10 Å². The van der Waals surface area contributed by atoms with Crippen LogP contribution in [-0.4, -0.2) is 26.7 Å². The van der Waals surface area contributed by atoms with Gasteiger partial charge in [-0.2, -0.15) is 0 Å². The topological polar surface area (TPSA) is 67.9 Å². The molecule has 0 bridgehead atoms. The van der Waals surface area contributed by atoms with Gasteiger partial charge in [-0.25, -0.2) is 4.98 Å². The first-order chi connectivity index (χ1) is 10.3. The summed E-state index contributed by atoms with van der Waals surface area (Å²) in [4.78, 5) is 16.2. The molecule has 0 fully saturated rings. The molecular weight excluding hydrogens is 298 g/mol. The van der Waals surface area contributed by atoms with E-state index in [1.165, 1.54) is 17.3 Å². The number of carbonyl (C=O) groups excluding carboxylic acids is 1. The number of nitrogens with one attached hydrogen (secondary N) is 1. The third kappa shape index (κ3) is 4.87. The molecule has 1 aromatic heterocycles. The van der Waals surface area contributed by atoms with Crippen molar-refractivity contribution in [1.82, 2.24) is 15.2 Å². The average Bonchev–Trinajstić information content (AvgIpc) is 2.91. The Morgan fingerprint density at radius 3 is 2.59 bits per heavy atom. The molecule has 1 aromatic carbocycles. The Bertz CT molecular complexity index is 630. The summed E-state index contributed by atoms with van der Waals surface area (Å²) in [6.07, 6.45) is 0. The normalized spacial score (nSPS) is 11.5. The van der Waals surface area contributed by atoms with Crippen LogP contribution in [0.15, 0.2) is 29.4 Å². The molecule has 0 aliphatic rings. The molecule has 2 rings (SSSR count). The van der Waals surface area contributed by atoms with Crippen LogP contribution in [0.25, 0.3) is 0 Å². The Labute approximate surface area is 134 Å². The van der Waals surface area contributed by atoms with E-state index < -0.39 is 0 Å². The van der Waals surface area contributed by atoms with Crippen molar-refractivity contribution in [2.45, 2.75) is 39.5 Å². The second kappa shape index (κ2) is 6.96. The van der Waals surface area contributed by atoms with E-state index in [9.17, 15) is 4.79 Å². The lowest BCUT2D eigenvalue weighted by atomic mass is 9.92. The van der Waals surface area contributed by atoms with Crippen LogP contribution in [0.4, 0.5) is 0 Å². The van der Waals surface area contributed by atoms with E-state index in [1.807, 2.05) is 52.0 Å². The Balaban J connectivity index is 1.84. The highest BCUT2D eigenvalue weighted by Gasteiger charge is 2.21. The van der Waals surface area contributed by atoms with Crippen LogP contribution in [0, 0.1) is 12.3 Å². The molecule has 0 aliphatic carbocycles. The van der Waals surface area contributed by atoms with Crippen molar-refractivity contribution in [2.24, 2.45) is 5.41 Å². The van der Waals surface area contributed by atoms with Crippen molar-refractivity contribution >= 4 is 17.5 Å². The van der Waals surface area contributed by atoms with E-state index in [0.717, 1.165) is 5.75 Å². The molecule has 0 unspecified atom stereocenters. The largest absolute Gasteiger partial charge is 0.486 e. The zero-order valence-corrected chi connectivity index (χ0v) is 14.2. The summed E-state index contributed by atoms with van der Waals surface area (Å²) in [5.74, 6) is 1.99. The molecule has 0 amide bonds. The number of carbonyl (C=O) groups is 1. The van der Waals surface area contributed by atoms with Gasteiger partial charge in [0.25, 0.3) is 0 Å². The predicted molar refractivity (Wildman–Crippen MR) is 87.1 cm³/mol. The lowest BCUT2D eigenvalue weighted by molar-refractivity contribution is -0.123. The summed E-state index contributed by atoms with van der Waals surface area (Å²) in [5.41, 5.74) is 0.856. The third-order valence-electron chi connectivity index (χ3n) is 3.08. The van der Waals surface area contributed by atoms with Gasteiger partial charge >= 0.3 is 0 Å². The number of benzene rings is 1.